The van der Waals surface area contributed by atoms with Gasteiger partial charge in [0.1, 0.15) is 0 Å². The van der Waals surface area contributed by atoms with Gasteiger partial charge < -0.3 is 5.32 Å². The monoisotopic (exact) mass is 412 g/mol. The second-order valence-corrected chi connectivity index (χ2v) is 7.69. The molecule has 0 bridgehead atoms. The minimum atomic E-state index is -0.286. The van der Waals surface area contributed by atoms with Crippen molar-refractivity contribution < 1.29 is 4.79 Å². The first-order chi connectivity index (χ1) is 13.6. The lowest BCUT2D eigenvalue weighted by Gasteiger charge is -2.15. The Labute approximate surface area is 173 Å². The molecule has 1 aromatic heterocycles. The predicted octanol–water partition coefficient (Wildman–Crippen LogP) is 5.29. The maximum atomic E-state index is 12.7. The molecule has 0 aliphatic heterocycles. The zero-order valence-electron chi connectivity index (χ0n) is 15.5. The molecular formula is C21H21ClN4OS. The van der Waals surface area contributed by atoms with Crippen molar-refractivity contribution in [1.82, 2.24) is 14.8 Å². The highest BCUT2D eigenvalue weighted by Crippen LogP contribution is 2.29. The van der Waals surface area contributed by atoms with Crippen molar-refractivity contribution >= 4 is 35.0 Å². The van der Waals surface area contributed by atoms with Crippen LogP contribution >= 0.6 is 23.4 Å². The van der Waals surface area contributed by atoms with Gasteiger partial charge in [0.2, 0.25) is 5.91 Å². The number of aromatic nitrogens is 3. The van der Waals surface area contributed by atoms with Crippen molar-refractivity contribution in [1.29, 1.82) is 0 Å². The maximum Gasteiger partial charge on any atom is 0.237 e. The number of hydrogen-bond acceptors (Lipinski definition) is 4. The van der Waals surface area contributed by atoms with E-state index in [4.69, 9.17) is 11.6 Å². The molecule has 0 aliphatic carbocycles. The molecule has 0 saturated heterocycles. The Kier molecular flexibility index (Phi) is 6.90. The summed E-state index contributed by atoms with van der Waals surface area (Å²) in [6.07, 6.45) is 2.46. The van der Waals surface area contributed by atoms with Crippen LogP contribution in [0.15, 0.2) is 72.4 Å². The molecule has 1 N–H and O–H groups in total. The Hall–Kier alpha value is -2.57. The molecule has 1 atom stereocenters. The maximum absolute atomic E-state index is 12.7. The zero-order valence-corrected chi connectivity index (χ0v) is 17.1. The predicted molar refractivity (Wildman–Crippen MR) is 116 cm³/mol. The summed E-state index contributed by atoms with van der Waals surface area (Å²) in [4.78, 5) is 12.7. The summed E-state index contributed by atoms with van der Waals surface area (Å²) in [5.41, 5.74) is 1.69. The van der Waals surface area contributed by atoms with Crippen molar-refractivity contribution in [3.8, 4) is 11.4 Å². The normalized spacial score (nSPS) is 11.8. The van der Waals surface area contributed by atoms with Crippen molar-refractivity contribution in [3.63, 3.8) is 0 Å². The molecule has 0 saturated carbocycles. The minimum Gasteiger partial charge on any atom is -0.325 e. The SMILES string of the molecule is C=CCn1c(S[C@@H](CC)C(=O)Nc2ccccc2)nnc1-c1ccc(Cl)cc1. The molecule has 1 amide bonds. The summed E-state index contributed by atoms with van der Waals surface area (Å²) in [5, 5.41) is 12.7. The first-order valence-corrected chi connectivity index (χ1v) is 10.2. The highest BCUT2D eigenvalue weighted by atomic mass is 35.5. The van der Waals surface area contributed by atoms with Gasteiger partial charge in [-0.15, -0.1) is 16.8 Å². The second kappa shape index (κ2) is 9.57. The Morgan fingerprint density at radius 1 is 1.21 bits per heavy atom. The van der Waals surface area contributed by atoms with E-state index in [1.807, 2.05) is 66.1 Å². The minimum absolute atomic E-state index is 0.0557. The molecular weight excluding hydrogens is 392 g/mol. The van der Waals surface area contributed by atoms with Crippen LogP contribution in [0.3, 0.4) is 0 Å². The lowest BCUT2D eigenvalue weighted by Crippen LogP contribution is -2.25. The van der Waals surface area contributed by atoms with E-state index in [0.29, 0.717) is 23.1 Å². The Morgan fingerprint density at radius 2 is 1.93 bits per heavy atom. The number of hydrogen-bond donors (Lipinski definition) is 1. The summed E-state index contributed by atoms with van der Waals surface area (Å²) in [7, 11) is 0. The number of halogens is 1. The number of benzene rings is 2. The number of nitrogens with zero attached hydrogens (tertiary/aromatic N) is 3. The highest BCUT2D eigenvalue weighted by Gasteiger charge is 2.23. The second-order valence-electron chi connectivity index (χ2n) is 6.08. The summed E-state index contributed by atoms with van der Waals surface area (Å²) >= 11 is 7.39. The average molecular weight is 413 g/mol. The number of anilines is 1. The molecule has 0 aliphatic rings. The fourth-order valence-electron chi connectivity index (χ4n) is 2.68. The van der Waals surface area contributed by atoms with Gasteiger partial charge in [0.15, 0.2) is 11.0 Å². The molecule has 28 heavy (non-hydrogen) atoms. The number of thioether (sulfide) groups is 1. The molecule has 1 heterocycles. The van der Waals surface area contributed by atoms with Crippen LogP contribution in [0.2, 0.25) is 5.02 Å². The molecule has 3 rings (SSSR count). The molecule has 7 heteroatoms. The van der Waals surface area contributed by atoms with Crippen molar-refractivity contribution in [2.24, 2.45) is 0 Å². The van der Waals surface area contributed by atoms with Crippen LogP contribution in [0.5, 0.6) is 0 Å². The summed E-state index contributed by atoms with van der Waals surface area (Å²) in [6, 6.07) is 16.9. The summed E-state index contributed by atoms with van der Waals surface area (Å²) < 4.78 is 1.96. The van der Waals surface area contributed by atoms with E-state index in [2.05, 4.69) is 22.1 Å². The molecule has 3 aromatic rings. The van der Waals surface area contributed by atoms with Gasteiger partial charge in [-0.1, -0.05) is 54.6 Å². The first-order valence-electron chi connectivity index (χ1n) is 8.95. The Bertz CT molecular complexity index is 941. The Morgan fingerprint density at radius 3 is 2.57 bits per heavy atom. The number of rotatable bonds is 8. The summed E-state index contributed by atoms with van der Waals surface area (Å²) in [5.74, 6) is 0.664. The molecule has 2 aromatic carbocycles. The van der Waals surface area contributed by atoms with Gasteiger partial charge in [-0.3, -0.25) is 9.36 Å². The van der Waals surface area contributed by atoms with Gasteiger partial charge in [-0.05, 0) is 42.8 Å². The average Bonchev–Trinajstić information content (AvgIpc) is 3.10. The van der Waals surface area contributed by atoms with E-state index in [9.17, 15) is 4.79 Å². The number of para-hydroxylation sites is 1. The number of nitrogens with one attached hydrogen (secondary N) is 1. The van der Waals surface area contributed by atoms with E-state index < -0.39 is 0 Å². The number of allylic oxidation sites excluding steroid dienone is 1. The van der Waals surface area contributed by atoms with Gasteiger partial charge in [0.05, 0.1) is 5.25 Å². The van der Waals surface area contributed by atoms with Gasteiger partial charge in [0, 0.05) is 22.8 Å². The quantitative estimate of drug-likeness (QED) is 0.403. The van der Waals surface area contributed by atoms with Crippen LogP contribution in [-0.2, 0) is 11.3 Å². The van der Waals surface area contributed by atoms with E-state index in [1.54, 1.807) is 6.08 Å². The number of carbonyl (C=O) groups excluding carboxylic acids is 1. The highest BCUT2D eigenvalue weighted by molar-refractivity contribution is 8.00. The lowest BCUT2D eigenvalue weighted by atomic mass is 10.2. The fourth-order valence-corrected chi connectivity index (χ4v) is 3.77. The molecule has 0 unspecified atom stereocenters. The fraction of sp³-hybridized carbons (Fsp3) is 0.190. The van der Waals surface area contributed by atoms with E-state index in [0.717, 1.165) is 17.1 Å². The lowest BCUT2D eigenvalue weighted by molar-refractivity contribution is -0.115. The molecule has 5 nitrogen and oxygen atoms in total. The third-order valence-electron chi connectivity index (χ3n) is 4.08. The van der Waals surface area contributed by atoms with Crippen molar-refractivity contribution in [3.05, 3.63) is 72.3 Å². The van der Waals surface area contributed by atoms with Crippen LogP contribution in [0.25, 0.3) is 11.4 Å². The van der Waals surface area contributed by atoms with Crippen molar-refractivity contribution in [2.75, 3.05) is 5.32 Å². The third-order valence-corrected chi connectivity index (χ3v) is 5.68. The molecule has 0 fully saturated rings. The summed E-state index contributed by atoms with van der Waals surface area (Å²) in [6.45, 7) is 6.36. The Balaban J connectivity index is 1.82. The van der Waals surface area contributed by atoms with Gasteiger partial charge in [0.25, 0.3) is 0 Å². The largest absolute Gasteiger partial charge is 0.325 e. The van der Waals surface area contributed by atoms with Crippen LogP contribution in [0, 0.1) is 0 Å². The van der Waals surface area contributed by atoms with E-state index >= 15 is 0 Å². The van der Waals surface area contributed by atoms with E-state index in [1.165, 1.54) is 11.8 Å². The molecule has 0 radical (unpaired) electrons. The van der Waals surface area contributed by atoms with Gasteiger partial charge >= 0.3 is 0 Å². The van der Waals surface area contributed by atoms with Crippen LogP contribution in [-0.4, -0.2) is 25.9 Å². The van der Waals surface area contributed by atoms with Crippen LogP contribution < -0.4 is 5.32 Å². The van der Waals surface area contributed by atoms with Gasteiger partial charge in [-0.25, -0.2) is 0 Å². The smallest absolute Gasteiger partial charge is 0.237 e. The van der Waals surface area contributed by atoms with Crippen molar-refractivity contribution in [2.45, 2.75) is 30.3 Å². The molecule has 0 spiro atoms. The first kappa shape index (κ1) is 20.2. The number of amides is 1. The van der Waals surface area contributed by atoms with E-state index in [-0.39, 0.29) is 11.2 Å². The molecule has 144 valence electrons. The standard InChI is InChI=1S/C21H21ClN4OS/c1-3-14-26-19(15-10-12-16(22)13-11-15)24-25-21(26)28-18(4-2)20(27)23-17-8-6-5-7-9-17/h3,5-13,18H,1,4,14H2,2H3,(H,23,27)/t18-/m0/s1. The third kappa shape index (κ3) is 4.82. The zero-order chi connectivity index (χ0) is 19.9. The number of carbonyl (C=O) groups is 1. The van der Waals surface area contributed by atoms with Crippen LogP contribution in [0.4, 0.5) is 5.69 Å². The van der Waals surface area contributed by atoms with Crippen LogP contribution in [0.1, 0.15) is 13.3 Å². The van der Waals surface area contributed by atoms with Gasteiger partial charge in [-0.2, -0.15) is 0 Å². The topological polar surface area (TPSA) is 59.8 Å².